The summed E-state index contributed by atoms with van der Waals surface area (Å²) in [6.07, 6.45) is 16.3. The number of carbonyl (C=O) groups excluding carboxylic acids is 2. The highest BCUT2D eigenvalue weighted by Gasteiger charge is 2.29. The molecule has 5 N–H and O–H groups in total. The number of rotatable bonds is 14. The van der Waals surface area contributed by atoms with Crippen LogP contribution in [0.4, 0.5) is 32.9 Å². The molecule has 3 aromatic heterocycles. The predicted molar refractivity (Wildman–Crippen MR) is 323 cm³/mol. The summed E-state index contributed by atoms with van der Waals surface area (Å²) in [6, 6.07) is 33.9. The number of nitrogens with one attached hydrogen (secondary N) is 5. The number of allylic oxidation sites excluding steroid dienone is 1. The smallest absolute Gasteiger partial charge is 0.412 e. The van der Waals surface area contributed by atoms with Crippen molar-refractivity contribution in [2.45, 2.75) is 148 Å². The first-order valence-electron chi connectivity index (χ1n) is 27.8. The summed E-state index contributed by atoms with van der Waals surface area (Å²) in [6.45, 7) is 12.8. The molecule has 80 heavy (non-hydrogen) atoms. The minimum absolute atomic E-state index is 0.276. The van der Waals surface area contributed by atoms with Crippen molar-refractivity contribution >= 4 is 75.1 Å². The summed E-state index contributed by atoms with van der Waals surface area (Å²) >= 11 is 13.1. The molecule has 17 heteroatoms. The summed E-state index contributed by atoms with van der Waals surface area (Å²) in [7, 11) is 4.36. The van der Waals surface area contributed by atoms with Crippen LogP contribution in [0.25, 0.3) is 27.7 Å². The molecule has 0 unspecified atom stereocenters. The average molecular weight is 1120 g/mol. The Morgan fingerprint density at radius 1 is 0.625 bits per heavy atom. The van der Waals surface area contributed by atoms with E-state index in [1.807, 2.05) is 90.2 Å². The number of halogens is 2. The minimum Gasteiger partial charge on any atom is -0.444 e. The number of para-hydroxylation sites is 1. The third-order valence-corrected chi connectivity index (χ3v) is 15.2. The van der Waals surface area contributed by atoms with Gasteiger partial charge in [0.25, 0.3) is 0 Å². The molecule has 15 nitrogen and oxygen atoms in total. The Hall–Kier alpha value is -7.04. The SMILES string of the molecule is CN(Cc1ccc(NC(=O)OC(C)(C)C)cc1)[C@H]1CCC[C@@H](Nc2ncc(Cl)c(-c3c[nH]c4ccccc34)n2)C1.CN(Cc1ccc(NC(=O)OC(C)(C)C)cc1)[C@H]1CCC[C@@H](Nc2ncc(Cl)c(C3=CCc4ccccc43)n2)C1. The van der Waals surface area contributed by atoms with E-state index in [0.29, 0.717) is 40.1 Å². The van der Waals surface area contributed by atoms with E-state index in [2.05, 4.69) is 121 Å². The van der Waals surface area contributed by atoms with Gasteiger partial charge in [-0.15, -0.1) is 0 Å². The normalized spacial score (nSPS) is 18.2. The molecule has 2 fully saturated rings. The van der Waals surface area contributed by atoms with E-state index in [-0.39, 0.29) is 6.04 Å². The highest BCUT2D eigenvalue weighted by atomic mass is 35.5. The van der Waals surface area contributed by atoms with Crippen molar-refractivity contribution in [1.82, 2.24) is 34.7 Å². The van der Waals surface area contributed by atoms with Crippen LogP contribution in [0.15, 0.2) is 122 Å². The van der Waals surface area contributed by atoms with Crippen LogP contribution >= 0.6 is 23.2 Å². The maximum absolute atomic E-state index is 12.0. The molecule has 4 aromatic carbocycles. The summed E-state index contributed by atoms with van der Waals surface area (Å²) < 4.78 is 10.7. The standard InChI is InChI=1S/C32H38ClN5O2.C31H37ClN6O2/c1-32(2,3)40-31(39)36-23-15-12-21(13-16-23)20-38(4)25-10-7-9-24(18-25)35-30-34-19-28(33)29(37-30)27-17-14-22-8-5-6-11-26(22)27;1-31(2,3)40-30(39)36-21-14-12-20(13-15-21)19-38(4)23-9-7-8-22(16-23)35-29-34-18-26(32)28(37-29)25-17-33-27-11-6-5-10-24(25)27/h5-6,8,11-13,15-17,19,24-25H,7,9-10,14,18,20H2,1-4H3,(H,36,39)(H,34,35,37);5-6,10-15,17-18,22-23,33H,7-9,16,19H2,1-4H3,(H,36,39)(H,34,35,37)/t24-,25+;22-,23+/m11/s1. The Morgan fingerprint density at radius 3 is 1.65 bits per heavy atom. The van der Waals surface area contributed by atoms with Gasteiger partial charge in [0, 0.05) is 76.9 Å². The maximum Gasteiger partial charge on any atom is 0.412 e. The molecule has 3 aliphatic carbocycles. The zero-order valence-corrected chi connectivity index (χ0v) is 48.7. The fourth-order valence-electron chi connectivity index (χ4n) is 10.8. The second kappa shape index (κ2) is 25.6. The van der Waals surface area contributed by atoms with Crippen LogP contribution in [0.1, 0.15) is 121 Å². The van der Waals surface area contributed by atoms with Gasteiger partial charge in [-0.2, -0.15) is 0 Å². The molecule has 0 saturated heterocycles. The van der Waals surface area contributed by atoms with Gasteiger partial charge < -0.3 is 25.1 Å². The van der Waals surface area contributed by atoms with Crippen molar-refractivity contribution in [2.75, 3.05) is 35.4 Å². The molecule has 3 aliphatic rings. The molecule has 0 spiro atoms. The molecule has 2 saturated carbocycles. The number of fused-ring (bicyclic) bond motifs is 2. The van der Waals surface area contributed by atoms with Gasteiger partial charge in [-0.05, 0) is 166 Å². The highest BCUT2D eigenvalue weighted by molar-refractivity contribution is 6.33. The maximum atomic E-state index is 12.0. The van der Waals surface area contributed by atoms with Gasteiger partial charge in [-0.1, -0.05) is 96.0 Å². The lowest BCUT2D eigenvalue weighted by molar-refractivity contribution is 0.0624. The minimum atomic E-state index is -0.529. The third-order valence-electron chi connectivity index (χ3n) is 14.7. The zero-order valence-electron chi connectivity index (χ0n) is 47.2. The van der Waals surface area contributed by atoms with Crippen molar-refractivity contribution in [2.24, 2.45) is 0 Å². The van der Waals surface area contributed by atoms with Gasteiger partial charge in [-0.3, -0.25) is 20.4 Å². The Balaban J connectivity index is 0.000000194. The molecule has 2 amide bonds. The monoisotopic (exact) mass is 1120 g/mol. The number of aromatic amines is 1. The van der Waals surface area contributed by atoms with Crippen LogP contribution in [-0.4, -0.2) is 96.4 Å². The number of anilines is 4. The van der Waals surface area contributed by atoms with Crippen LogP contribution in [0.2, 0.25) is 10.0 Å². The molecule has 0 radical (unpaired) electrons. The van der Waals surface area contributed by atoms with Gasteiger partial charge in [-0.25, -0.2) is 29.5 Å². The van der Waals surface area contributed by atoms with Crippen LogP contribution in [0.5, 0.6) is 0 Å². The number of hydrogen-bond donors (Lipinski definition) is 5. The van der Waals surface area contributed by atoms with Crippen molar-refractivity contribution < 1.29 is 19.1 Å². The summed E-state index contributed by atoms with van der Waals surface area (Å²) in [5.74, 6) is 1.23. The number of H-pyrrole nitrogens is 1. The van der Waals surface area contributed by atoms with E-state index >= 15 is 0 Å². The lowest BCUT2D eigenvalue weighted by Crippen LogP contribution is -2.40. The van der Waals surface area contributed by atoms with E-state index in [1.54, 1.807) is 12.4 Å². The number of ether oxygens (including phenoxy) is 2. The van der Waals surface area contributed by atoms with Crippen LogP contribution in [0, 0.1) is 0 Å². The number of nitrogens with zero attached hydrogens (tertiary/aromatic N) is 6. The van der Waals surface area contributed by atoms with Crippen LogP contribution < -0.4 is 21.3 Å². The number of amides is 2. The Labute approximate surface area is 480 Å². The topological polar surface area (TPSA) is 175 Å². The molecular weight excluding hydrogens is 1050 g/mol. The van der Waals surface area contributed by atoms with Gasteiger partial charge >= 0.3 is 12.2 Å². The van der Waals surface area contributed by atoms with Crippen molar-refractivity contribution in [3.63, 3.8) is 0 Å². The molecule has 4 atom stereocenters. The van der Waals surface area contributed by atoms with Gasteiger partial charge in [0.15, 0.2) is 0 Å². The third kappa shape index (κ3) is 15.7. The van der Waals surface area contributed by atoms with E-state index in [1.165, 1.54) is 22.3 Å². The van der Waals surface area contributed by atoms with Crippen LogP contribution in [0.3, 0.4) is 0 Å². The summed E-state index contributed by atoms with van der Waals surface area (Å²) in [4.78, 5) is 50.9. The van der Waals surface area contributed by atoms with Crippen molar-refractivity contribution in [3.05, 3.63) is 160 Å². The summed E-state index contributed by atoms with van der Waals surface area (Å²) in [5.41, 5.74) is 9.90. The predicted octanol–water partition coefficient (Wildman–Crippen LogP) is 14.8. The van der Waals surface area contributed by atoms with E-state index < -0.39 is 23.4 Å². The lowest BCUT2D eigenvalue weighted by Gasteiger charge is -2.35. The van der Waals surface area contributed by atoms with Crippen LogP contribution in [-0.2, 0) is 29.0 Å². The van der Waals surface area contributed by atoms with E-state index in [0.717, 1.165) is 116 Å². The lowest BCUT2D eigenvalue weighted by atomic mass is 9.90. The first-order valence-corrected chi connectivity index (χ1v) is 28.6. The second-order valence-electron chi connectivity index (χ2n) is 23.3. The van der Waals surface area contributed by atoms with E-state index in [4.69, 9.17) is 42.6 Å². The quantitative estimate of drug-likeness (QED) is 0.0698. The number of aromatic nitrogens is 5. The largest absolute Gasteiger partial charge is 0.444 e. The van der Waals surface area contributed by atoms with Gasteiger partial charge in [0.2, 0.25) is 11.9 Å². The molecule has 7 aromatic rings. The first-order chi connectivity index (χ1) is 38.3. The van der Waals surface area contributed by atoms with Crippen molar-refractivity contribution in [3.8, 4) is 11.3 Å². The second-order valence-corrected chi connectivity index (χ2v) is 24.1. The fraction of sp³-hybridized carbons (Fsp3) is 0.397. The van der Waals surface area contributed by atoms with Gasteiger partial charge in [0.1, 0.15) is 11.2 Å². The number of carbonyl (C=O) groups is 2. The molecule has 10 rings (SSSR count). The highest BCUT2D eigenvalue weighted by Crippen LogP contribution is 2.37. The van der Waals surface area contributed by atoms with Gasteiger partial charge in [0.05, 0.1) is 33.8 Å². The fourth-order valence-corrected chi connectivity index (χ4v) is 11.2. The Kier molecular flexibility index (Phi) is 18.4. The number of hydrogen-bond acceptors (Lipinski definition) is 12. The number of benzene rings is 4. The first kappa shape index (κ1) is 57.6. The van der Waals surface area contributed by atoms with Crippen molar-refractivity contribution in [1.29, 1.82) is 0 Å². The average Bonchev–Trinajstić information content (AvgIpc) is 4.08. The molecule has 3 heterocycles. The molecule has 0 aliphatic heterocycles. The Morgan fingerprint density at radius 2 is 1.11 bits per heavy atom. The molecule has 0 bridgehead atoms. The molecule has 420 valence electrons. The Bertz CT molecular complexity index is 3280. The van der Waals surface area contributed by atoms with E-state index in [9.17, 15) is 9.59 Å². The molecular formula is C63H75Cl2N11O4. The zero-order chi connectivity index (χ0) is 56.6. The summed E-state index contributed by atoms with van der Waals surface area (Å²) in [5, 5.41) is 15.0.